The molecule has 0 saturated heterocycles. The van der Waals surface area contributed by atoms with Crippen LogP contribution in [0.25, 0.3) is 5.57 Å². The number of allylic oxidation sites excluding steroid dienone is 2. The second kappa shape index (κ2) is 4.87. The highest BCUT2D eigenvalue weighted by atomic mass is 16.1. The highest BCUT2D eigenvalue weighted by Crippen LogP contribution is 2.49. The van der Waals surface area contributed by atoms with Gasteiger partial charge in [0.2, 0.25) is 0 Å². The zero-order chi connectivity index (χ0) is 15.2. The van der Waals surface area contributed by atoms with E-state index in [1.807, 2.05) is 6.92 Å². The van der Waals surface area contributed by atoms with Crippen LogP contribution in [0.5, 0.6) is 0 Å². The summed E-state index contributed by atoms with van der Waals surface area (Å²) in [7, 11) is 0. The van der Waals surface area contributed by atoms with Crippen molar-refractivity contribution >= 4 is 11.4 Å². The lowest BCUT2D eigenvalue weighted by Gasteiger charge is -2.23. The van der Waals surface area contributed by atoms with Gasteiger partial charge in [-0.15, -0.1) is 0 Å². The fourth-order valence-electron chi connectivity index (χ4n) is 3.42. The Labute approximate surface area is 123 Å². The van der Waals surface area contributed by atoms with Crippen LogP contribution in [0.1, 0.15) is 75.0 Å². The molecule has 108 valence electrons. The predicted molar refractivity (Wildman–Crippen MR) is 86.3 cm³/mol. The molecule has 0 atom stereocenters. The van der Waals surface area contributed by atoms with Crippen molar-refractivity contribution in [2.24, 2.45) is 5.92 Å². The summed E-state index contributed by atoms with van der Waals surface area (Å²) in [6.45, 7) is 15.3. The van der Waals surface area contributed by atoms with E-state index in [4.69, 9.17) is 0 Å². The number of aryl methyl sites for hydroxylation is 1. The minimum atomic E-state index is 0.0769. The number of carbonyl (C=O) groups excluding carboxylic acids is 1. The molecule has 0 unspecified atom stereocenters. The van der Waals surface area contributed by atoms with E-state index in [1.54, 1.807) is 0 Å². The monoisotopic (exact) mass is 270 g/mol. The number of benzene rings is 1. The lowest BCUT2D eigenvalue weighted by Crippen LogP contribution is -2.16. The van der Waals surface area contributed by atoms with E-state index in [1.165, 1.54) is 22.3 Å². The number of carbonyl (C=O) groups is 1. The van der Waals surface area contributed by atoms with Gasteiger partial charge in [0.25, 0.3) is 0 Å². The van der Waals surface area contributed by atoms with Crippen LogP contribution in [0, 0.1) is 12.8 Å². The molecular weight excluding hydrogens is 244 g/mol. The van der Waals surface area contributed by atoms with Crippen molar-refractivity contribution in [1.29, 1.82) is 0 Å². The van der Waals surface area contributed by atoms with Gasteiger partial charge in [0.15, 0.2) is 5.78 Å². The van der Waals surface area contributed by atoms with Crippen LogP contribution < -0.4 is 0 Å². The summed E-state index contributed by atoms with van der Waals surface area (Å²) in [6.07, 6.45) is 0.572. The van der Waals surface area contributed by atoms with Crippen LogP contribution in [-0.4, -0.2) is 5.78 Å². The van der Waals surface area contributed by atoms with Gasteiger partial charge < -0.3 is 0 Å². The van der Waals surface area contributed by atoms with E-state index >= 15 is 0 Å². The molecule has 0 fully saturated rings. The Balaban J connectivity index is 2.74. The summed E-state index contributed by atoms with van der Waals surface area (Å²) in [5.41, 5.74) is 7.64. The molecular formula is C19H26O. The molecule has 1 aliphatic rings. The number of fused-ring (bicyclic) bond motifs is 1. The molecule has 1 aromatic rings. The van der Waals surface area contributed by atoms with Crippen molar-refractivity contribution in [2.45, 2.75) is 60.3 Å². The third-order valence-electron chi connectivity index (χ3n) is 4.87. The first-order valence-corrected chi connectivity index (χ1v) is 7.61. The van der Waals surface area contributed by atoms with Crippen LogP contribution in [0.4, 0.5) is 0 Å². The average molecular weight is 270 g/mol. The molecule has 0 saturated carbocycles. The zero-order valence-electron chi connectivity index (χ0n) is 13.8. The summed E-state index contributed by atoms with van der Waals surface area (Å²) in [5, 5.41) is 0. The van der Waals surface area contributed by atoms with Gasteiger partial charge in [-0.05, 0) is 48.1 Å². The van der Waals surface area contributed by atoms with E-state index in [9.17, 15) is 4.79 Å². The lowest BCUT2D eigenvalue weighted by atomic mass is 9.80. The topological polar surface area (TPSA) is 17.1 Å². The SMILES string of the molecule is CCC(=O)c1cc2c(cc1C)C(C)(C)C(C)=C2C(C)C. The lowest BCUT2D eigenvalue weighted by molar-refractivity contribution is 0.0987. The third-order valence-corrected chi connectivity index (χ3v) is 4.87. The van der Waals surface area contributed by atoms with Crippen LogP contribution in [0.2, 0.25) is 0 Å². The fourth-order valence-corrected chi connectivity index (χ4v) is 3.42. The maximum atomic E-state index is 12.1. The Morgan fingerprint density at radius 1 is 1.20 bits per heavy atom. The summed E-state index contributed by atoms with van der Waals surface area (Å²) < 4.78 is 0. The summed E-state index contributed by atoms with van der Waals surface area (Å²) in [6, 6.07) is 4.38. The van der Waals surface area contributed by atoms with E-state index in [0.717, 1.165) is 11.1 Å². The summed E-state index contributed by atoms with van der Waals surface area (Å²) >= 11 is 0. The standard InChI is InChI=1S/C19H26O/c1-8-17(20)14-10-15-16(9-12(14)4)19(6,7)13(5)18(15)11(2)3/h9-11H,8H2,1-7H3. The van der Waals surface area contributed by atoms with Gasteiger partial charge in [0, 0.05) is 17.4 Å². The molecule has 0 bridgehead atoms. The molecule has 2 rings (SSSR count). The summed E-state index contributed by atoms with van der Waals surface area (Å²) in [5.74, 6) is 0.735. The molecule has 0 amide bonds. The second-order valence-corrected chi connectivity index (χ2v) is 6.81. The first kappa shape index (κ1) is 15.0. The molecule has 0 aliphatic heterocycles. The molecule has 1 nitrogen and oxygen atoms in total. The van der Waals surface area contributed by atoms with Gasteiger partial charge in [-0.25, -0.2) is 0 Å². The second-order valence-electron chi connectivity index (χ2n) is 6.81. The van der Waals surface area contributed by atoms with Crippen LogP contribution in [-0.2, 0) is 5.41 Å². The smallest absolute Gasteiger partial charge is 0.162 e. The Bertz CT molecular complexity index is 600. The largest absolute Gasteiger partial charge is 0.294 e. The van der Waals surface area contributed by atoms with E-state index in [-0.39, 0.29) is 11.2 Å². The summed E-state index contributed by atoms with van der Waals surface area (Å²) in [4.78, 5) is 12.1. The first-order chi connectivity index (χ1) is 9.21. The number of Topliss-reactive ketones (excluding diaryl/α,β-unsaturated/α-hetero) is 1. The van der Waals surface area contributed by atoms with Crippen molar-refractivity contribution in [1.82, 2.24) is 0 Å². The minimum Gasteiger partial charge on any atom is -0.294 e. The molecule has 0 heterocycles. The highest BCUT2D eigenvalue weighted by Gasteiger charge is 2.36. The number of hydrogen-bond donors (Lipinski definition) is 0. The molecule has 0 N–H and O–H groups in total. The van der Waals surface area contributed by atoms with Gasteiger partial charge in [-0.2, -0.15) is 0 Å². The van der Waals surface area contributed by atoms with Crippen molar-refractivity contribution < 1.29 is 4.79 Å². The number of rotatable bonds is 3. The molecule has 1 heteroatoms. The zero-order valence-corrected chi connectivity index (χ0v) is 13.8. The van der Waals surface area contributed by atoms with Crippen molar-refractivity contribution in [3.8, 4) is 0 Å². The molecule has 20 heavy (non-hydrogen) atoms. The van der Waals surface area contributed by atoms with Crippen molar-refractivity contribution in [3.05, 3.63) is 40.0 Å². The molecule has 1 aromatic carbocycles. The normalized spacial score (nSPS) is 16.8. The van der Waals surface area contributed by atoms with Gasteiger partial charge >= 0.3 is 0 Å². The van der Waals surface area contributed by atoms with Crippen molar-refractivity contribution in [2.75, 3.05) is 0 Å². The van der Waals surface area contributed by atoms with E-state index in [2.05, 4.69) is 53.7 Å². The van der Waals surface area contributed by atoms with Gasteiger partial charge in [0.05, 0.1) is 0 Å². The maximum Gasteiger partial charge on any atom is 0.162 e. The predicted octanol–water partition coefficient (Wildman–Crippen LogP) is 5.31. The third kappa shape index (κ3) is 2.04. The Morgan fingerprint density at radius 2 is 1.80 bits per heavy atom. The molecule has 0 aromatic heterocycles. The number of ketones is 1. The van der Waals surface area contributed by atoms with E-state index in [0.29, 0.717) is 12.3 Å². The molecule has 1 aliphatic carbocycles. The quantitative estimate of drug-likeness (QED) is 0.680. The molecule has 0 spiro atoms. The molecule has 0 radical (unpaired) electrons. The number of hydrogen-bond acceptors (Lipinski definition) is 1. The van der Waals surface area contributed by atoms with Crippen LogP contribution in [0.15, 0.2) is 17.7 Å². The average Bonchev–Trinajstić information content (AvgIpc) is 2.56. The Kier molecular flexibility index (Phi) is 3.66. The minimum absolute atomic E-state index is 0.0769. The van der Waals surface area contributed by atoms with Crippen molar-refractivity contribution in [3.63, 3.8) is 0 Å². The van der Waals surface area contributed by atoms with Crippen LogP contribution >= 0.6 is 0 Å². The van der Waals surface area contributed by atoms with Gasteiger partial charge in [-0.1, -0.05) is 46.3 Å². The highest BCUT2D eigenvalue weighted by molar-refractivity contribution is 5.99. The first-order valence-electron chi connectivity index (χ1n) is 7.61. The van der Waals surface area contributed by atoms with E-state index < -0.39 is 0 Å². The van der Waals surface area contributed by atoms with Gasteiger partial charge in [0.1, 0.15) is 0 Å². The van der Waals surface area contributed by atoms with Crippen LogP contribution in [0.3, 0.4) is 0 Å². The maximum absolute atomic E-state index is 12.1. The Hall–Kier alpha value is -1.37. The van der Waals surface area contributed by atoms with Gasteiger partial charge in [-0.3, -0.25) is 4.79 Å². The fraction of sp³-hybridized carbons (Fsp3) is 0.526. The Morgan fingerprint density at radius 3 is 2.30 bits per heavy atom.